The second-order valence-electron chi connectivity index (χ2n) is 6.51. The van der Waals surface area contributed by atoms with Crippen molar-refractivity contribution in [3.05, 3.63) is 34.9 Å². The van der Waals surface area contributed by atoms with E-state index in [2.05, 4.69) is 36.9 Å². The second-order valence-corrected chi connectivity index (χ2v) is 6.51. The first-order valence-corrected chi connectivity index (χ1v) is 7.72. The van der Waals surface area contributed by atoms with Gasteiger partial charge in [-0.15, -0.1) is 0 Å². The Morgan fingerprint density at radius 1 is 1.32 bits per heavy atom. The van der Waals surface area contributed by atoms with Crippen molar-refractivity contribution in [3.63, 3.8) is 0 Å². The van der Waals surface area contributed by atoms with E-state index in [-0.39, 0.29) is 0 Å². The third-order valence-corrected chi connectivity index (χ3v) is 5.24. The van der Waals surface area contributed by atoms with Crippen LogP contribution in [0.3, 0.4) is 0 Å². The van der Waals surface area contributed by atoms with E-state index >= 15 is 0 Å². The average Bonchev–Trinajstić information content (AvgIpc) is 2.82. The van der Waals surface area contributed by atoms with E-state index in [1.807, 2.05) is 0 Å². The predicted octanol–water partition coefficient (Wildman–Crippen LogP) is 2.90. The van der Waals surface area contributed by atoms with Gasteiger partial charge in [0.15, 0.2) is 0 Å². The Labute approximate surface area is 117 Å². The molecule has 0 saturated carbocycles. The molecule has 2 N–H and O–H groups in total. The largest absolute Gasteiger partial charge is 0.330 e. The van der Waals surface area contributed by atoms with Gasteiger partial charge in [0.2, 0.25) is 0 Å². The third kappa shape index (κ3) is 2.44. The summed E-state index contributed by atoms with van der Waals surface area (Å²) in [6.07, 6.45) is 3.85. The first kappa shape index (κ1) is 13.1. The van der Waals surface area contributed by atoms with Crippen molar-refractivity contribution in [1.82, 2.24) is 4.90 Å². The van der Waals surface area contributed by atoms with Gasteiger partial charge >= 0.3 is 0 Å². The Balaban J connectivity index is 1.80. The maximum Gasteiger partial charge on any atom is 0.0354 e. The van der Waals surface area contributed by atoms with Crippen molar-refractivity contribution in [2.45, 2.75) is 39.2 Å². The lowest BCUT2D eigenvalue weighted by Crippen LogP contribution is -2.43. The quantitative estimate of drug-likeness (QED) is 0.884. The summed E-state index contributed by atoms with van der Waals surface area (Å²) in [6, 6.07) is 7.64. The molecule has 1 aliphatic heterocycles. The minimum atomic E-state index is 0.649. The number of fused-ring (bicyclic) bond motifs is 1. The van der Waals surface area contributed by atoms with Crippen LogP contribution in [0.2, 0.25) is 0 Å². The fourth-order valence-corrected chi connectivity index (χ4v) is 3.85. The molecule has 19 heavy (non-hydrogen) atoms. The van der Waals surface area contributed by atoms with Gasteiger partial charge in [0.25, 0.3) is 0 Å². The van der Waals surface area contributed by atoms with Crippen LogP contribution in [-0.4, -0.2) is 24.5 Å². The van der Waals surface area contributed by atoms with E-state index in [0.29, 0.717) is 12.0 Å². The Kier molecular flexibility index (Phi) is 3.64. The van der Waals surface area contributed by atoms with E-state index in [1.54, 1.807) is 11.1 Å². The smallest absolute Gasteiger partial charge is 0.0354 e. The molecule has 1 heterocycles. The van der Waals surface area contributed by atoms with Crippen LogP contribution in [0.4, 0.5) is 0 Å². The van der Waals surface area contributed by atoms with Gasteiger partial charge in [-0.05, 0) is 62.2 Å². The highest BCUT2D eigenvalue weighted by Crippen LogP contribution is 2.39. The topological polar surface area (TPSA) is 29.3 Å². The molecule has 2 aliphatic rings. The Hall–Kier alpha value is -0.860. The summed E-state index contributed by atoms with van der Waals surface area (Å²) in [6.45, 7) is 7.84. The standard InChI is InChI=1S/C17H26N2/c1-12-3-4-14-5-6-17(16(14)9-12)19-8-7-13(2)15(10-18)11-19/h3-4,9,13,15,17H,5-8,10-11,18H2,1-2H3. The molecule has 1 aromatic rings. The number of benzene rings is 1. The lowest BCUT2D eigenvalue weighted by Gasteiger charge is -2.40. The lowest BCUT2D eigenvalue weighted by molar-refractivity contribution is 0.0909. The molecule has 2 heteroatoms. The highest BCUT2D eigenvalue weighted by molar-refractivity contribution is 5.37. The maximum absolute atomic E-state index is 5.95. The summed E-state index contributed by atoms with van der Waals surface area (Å²) in [5.41, 5.74) is 10.5. The van der Waals surface area contributed by atoms with Crippen LogP contribution in [0.15, 0.2) is 18.2 Å². The minimum absolute atomic E-state index is 0.649. The van der Waals surface area contributed by atoms with E-state index in [4.69, 9.17) is 5.73 Å². The Morgan fingerprint density at radius 2 is 2.16 bits per heavy atom. The van der Waals surface area contributed by atoms with Crippen molar-refractivity contribution in [2.24, 2.45) is 17.6 Å². The van der Waals surface area contributed by atoms with Gasteiger partial charge in [0.05, 0.1) is 0 Å². The summed E-state index contributed by atoms with van der Waals surface area (Å²) in [7, 11) is 0. The molecule has 0 amide bonds. The van der Waals surface area contributed by atoms with Crippen LogP contribution in [0.1, 0.15) is 42.5 Å². The van der Waals surface area contributed by atoms with Crippen LogP contribution < -0.4 is 5.73 Å². The summed E-state index contributed by atoms with van der Waals surface area (Å²) < 4.78 is 0. The zero-order valence-electron chi connectivity index (χ0n) is 12.2. The molecule has 1 saturated heterocycles. The molecule has 1 fully saturated rings. The van der Waals surface area contributed by atoms with Crippen LogP contribution >= 0.6 is 0 Å². The molecule has 0 aromatic heterocycles. The highest BCUT2D eigenvalue weighted by Gasteiger charge is 2.33. The van der Waals surface area contributed by atoms with E-state index in [9.17, 15) is 0 Å². The van der Waals surface area contributed by atoms with Gasteiger partial charge in [-0.1, -0.05) is 30.7 Å². The monoisotopic (exact) mass is 258 g/mol. The van der Waals surface area contributed by atoms with Gasteiger partial charge in [-0.25, -0.2) is 0 Å². The number of aryl methyl sites for hydroxylation is 2. The van der Waals surface area contributed by atoms with Gasteiger partial charge in [0.1, 0.15) is 0 Å². The highest BCUT2D eigenvalue weighted by atomic mass is 15.2. The SMILES string of the molecule is Cc1ccc2c(c1)C(N1CCC(C)C(CN)C1)CC2. The molecule has 3 unspecified atom stereocenters. The molecule has 3 rings (SSSR count). The summed E-state index contributed by atoms with van der Waals surface area (Å²) in [5, 5.41) is 0. The second kappa shape index (κ2) is 5.26. The lowest BCUT2D eigenvalue weighted by atomic mass is 9.86. The fraction of sp³-hybridized carbons (Fsp3) is 0.647. The van der Waals surface area contributed by atoms with Gasteiger partial charge in [-0.3, -0.25) is 4.90 Å². The van der Waals surface area contributed by atoms with Crippen molar-refractivity contribution in [2.75, 3.05) is 19.6 Å². The zero-order chi connectivity index (χ0) is 13.4. The molecule has 0 radical (unpaired) electrons. The number of likely N-dealkylation sites (tertiary alicyclic amines) is 1. The summed E-state index contributed by atoms with van der Waals surface area (Å²) in [5.74, 6) is 1.47. The molecular weight excluding hydrogens is 232 g/mol. The van der Waals surface area contributed by atoms with Crippen molar-refractivity contribution in [1.29, 1.82) is 0 Å². The molecule has 0 spiro atoms. The zero-order valence-corrected chi connectivity index (χ0v) is 12.2. The number of piperidine rings is 1. The van der Waals surface area contributed by atoms with Crippen LogP contribution in [-0.2, 0) is 6.42 Å². The Bertz CT molecular complexity index is 455. The normalized spacial score (nSPS) is 31.4. The Morgan fingerprint density at radius 3 is 2.95 bits per heavy atom. The maximum atomic E-state index is 5.95. The summed E-state index contributed by atoms with van der Waals surface area (Å²) >= 11 is 0. The number of hydrogen-bond acceptors (Lipinski definition) is 2. The number of nitrogens with zero attached hydrogens (tertiary/aromatic N) is 1. The van der Waals surface area contributed by atoms with Crippen LogP contribution in [0.25, 0.3) is 0 Å². The first-order chi connectivity index (χ1) is 9.19. The molecule has 104 valence electrons. The van der Waals surface area contributed by atoms with Gasteiger partial charge in [-0.2, -0.15) is 0 Å². The van der Waals surface area contributed by atoms with Crippen molar-refractivity contribution in [3.8, 4) is 0 Å². The van der Waals surface area contributed by atoms with Gasteiger partial charge < -0.3 is 5.73 Å². The van der Waals surface area contributed by atoms with Crippen LogP contribution in [0.5, 0.6) is 0 Å². The van der Waals surface area contributed by atoms with Crippen molar-refractivity contribution >= 4 is 0 Å². The third-order valence-electron chi connectivity index (χ3n) is 5.24. The average molecular weight is 258 g/mol. The molecule has 3 atom stereocenters. The molecule has 0 bridgehead atoms. The van der Waals surface area contributed by atoms with Gasteiger partial charge in [0, 0.05) is 12.6 Å². The number of nitrogens with two attached hydrogens (primary N) is 1. The molecule has 1 aromatic carbocycles. The molecular formula is C17H26N2. The first-order valence-electron chi connectivity index (χ1n) is 7.72. The van der Waals surface area contributed by atoms with Crippen molar-refractivity contribution < 1.29 is 0 Å². The minimum Gasteiger partial charge on any atom is -0.330 e. The van der Waals surface area contributed by atoms with Crippen LogP contribution in [0, 0.1) is 18.8 Å². The molecule has 1 aliphatic carbocycles. The number of rotatable bonds is 2. The predicted molar refractivity (Wildman–Crippen MR) is 80.1 cm³/mol. The van der Waals surface area contributed by atoms with E-state index in [1.165, 1.54) is 37.9 Å². The number of hydrogen-bond donors (Lipinski definition) is 1. The fourth-order valence-electron chi connectivity index (χ4n) is 3.85. The van der Waals surface area contributed by atoms with E-state index in [0.717, 1.165) is 12.5 Å². The summed E-state index contributed by atoms with van der Waals surface area (Å²) in [4.78, 5) is 2.70. The van der Waals surface area contributed by atoms with E-state index < -0.39 is 0 Å². The molecule has 2 nitrogen and oxygen atoms in total.